The first kappa shape index (κ1) is 13.3. The van der Waals surface area contributed by atoms with Crippen molar-refractivity contribution in [3.05, 3.63) is 65.5 Å². The third-order valence-corrected chi connectivity index (χ3v) is 2.59. The van der Waals surface area contributed by atoms with Crippen LogP contribution in [0.3, 0.4) is 0 Å². The third kappa shape index (κ3) is 3.19. The minimum atomic E-state index is -0.511. The van der Waals surface area contributed by atoms with Gasteiger partial charge in [0.2, 0.25) is 0 Å². The maximum absolute atomic E-state index is 13.6. The molecule has 0 bridgehead atoms. The predicted octanol–water partition coefficient (Wildman–Crippen LogP) is 3.84. The number of hydrogen-bond donors (Lipinski definition) is 0. The molecule has 98 valence electrons. The van der Waals surface area contributed by atoms with Gasteiger partial charge in [-0.2, -0.15) is 0 Å². The van der Waals surface area contributed by atoms with Crippen LogP contribution in [-0.4, -0.2) is 11.9 Å². The van der Waals surface area contributed by atoms with Crippen molar-refractivity contribution in [1.82, 2.24) is 0 Å². The van der Waals surface area contributed by atoms with Gasteiger partial charge >= 0.3 is 0 Å². The van der Waals surface area contributed by atoms with E-state index in [2.05, 4.69) is 0 Å². The fraction of sp³-hybridized carbons (Fsp3) is 0.188. The van der Waals surface area contributed by atoms with Crippen molar-refractivity contribution in [3.63, 3.8) is 0 Å². The number of ketones is 1. The minimum Gasteiger partial charge on any atom is -0.491 e. The highest BCUT2D eigenvalue weighted by atomic mass is 19.1. The van der Waals surface area contributed by atoms with Crippen molar-refractivity contribution < 1.29 is 13.9 Å². The van der Waals surface area contributed by atoms with Gasteiger partial charge in [0.05, 0.1) is 11.7 Å². The summed E-state index contributed by atoms with van der Waals surface area (Å²) < 4.78 is 19.1. The van der Waals surface area contributed by atoms with Gasteiger partial charge in [-0.1, -0.05) is 24.3 Å². The average molecular weight is 258 g/mol. The summed E-state index contributed by atoms with van der Waals surface area (Å²) in [5.74, 6) is -0.243. The van der Waals surface area contributed by atoms with Crippen molar-refractivity contribution in [3.8, 4) is 5.75 Å². The summed E-state index contributed by atoms with van der Waals surface area (Å²) in [5.41, 5.74) is 0.493. The number of hydrogen-bond acceptors (Lipinski definition) is 2. The Morgan fingerprint density at radius 1 is 1.11 bits per heavy atom. The van der Waals surface area contributed by atoms with E-state index in [4.69, 9.17) is 4.74 Å². The van der Waals surface area contributed by atoms with Crippen LogP contribution in [0.5, 0.6) is 5.75 Å². The quantitative estimate of drug-likeness (QED) is 0.779. The molecule has 0 spiro atoms. The van der Waals surface area contributed by atoms with Gasteiger partial charge in [0, 0.05) is 5.56 Å². The molecule has 0 unspecified atom stereocenters. The summed E-state index contributed by atoms with van der Waals surface area (Å²) in [6.45, 7) is 3.82. The Hall–Kier alpha value is -2.16. The van der Waals surface area contributed by atoms with Crippen LogP contribution in [-0.2, 0) is 0 Å². The molecular formula is C16H15FO2. The number of carbonyl (C=O) groups excluding carboxylic acids is 1. The Labute approximate surface area is 111 Å². The Morgan fingerprint density at radius 2 is 1.84 bits per heavy atom. The molecule has 2 aromatic carbocycles. The summed E-state index contributed by atoms with van der Waals surface area (Å²) in [6.07, 6.45) is 0.0267. The van der Waals surface area contributed by atoms with Crippen LogP contribution >= 0.6 is 0 Å². The van der Waals surface area contributed by atoms with Crippen molar-refractivity contribution in [2.45, 2.75) is 20.0 Å². The summed E-state index contributed by atoms with van der Waals surface area (Å²) >= 11 is 0. The Morgan fingerprint density at radius 3 is 2.53 bits per heavy atom. The summed E-state index contributed by atoms with van der Waals surface area (Å²) in [4.78, 5) is 12.2. The van der Waals surface area contributed by atoms with Crippen molar-refractivity contribution in [1.29, 1.82) is 0 Å². The maximum Gasteiger partial charge on any atom is 0.196 e. The Balaban J connectivity index is 2.32. The van der Waals surface area contributed by atoms with E-state index in [0.717, 1.165) is 0 Å². The van der Waals surface area contributed by atoms with Crippen LogP contribution in [0.4, 0.5) is 4.39 Å². The minimum absolute atomic E-state index is 0.0267. The predicted molar refractivity (Wildman–Crippen MR) is 72.0 cm³/mol. The van der Waals surface area contributed by atoms with Crippen LogP contribution in [0.25, 0.3) is 0 Å². The van der Waals surface area contributed by atoms with Crippen molar-refractivity contribution in [2.24, 2.45) is 0 Å². The standard InChI is InChI=1S/C16H15FO2/c1-11(2)19-13-7-5-6-12(10-13)16(18)14-8-3-4-9-15(14)17/h3-11H,1-2H3. The molecule has 0 N–H and O–H groups in total. The molecule has 0 saturated heterocycles. The third-order valence-electron chi connectivity index (χ3n) is 2.59. The zero-order chi connectivity index (χ0) is 13.8. The van der Waals surface area contributed by atoms with E-state index in [1.165, 1.54) is 12.1 Å². The molecule has 2 nitrogen and oxygen atoms in total. The molecule has 0 aliphatic carbocycles. The molecule has 0 aromatic heterocycles. The molecule has 0 amide bonds. The number of halogens is 1. The van der Waals surface area contributed by atoms with Crippen LogP contribution in [0, 0.1) is 5.82 Å². The van der Waals surface area contributed by atoms with Gasteiger partial charge < -0.3 is 4.74 Å². The molecule has 0 heterocycles. The topological polar surface area (TPSA) is 26.3 Å². The number of benzene rings is 2. The molecule has 0 saturated carbocycles. The van der Waals surface area contributed by atoms with Gasteiger partial charge in [-0.3, -0.25) is 4.79 Å². The van der Waals surface area contributed by atoms with Gasteiger partial charge in [0.25, 0.3) is 0 Å². The summed E-state index contributed by atoms with van der Waals surface area (Å²) in [7, 11) is 0. The molecular weight excluding hydrogens is 243 g/mol. The SMILES string of the molecule is CC(C)Oc1cccc(C(=O)c2ccccc2F)c1. The molecule has 0 radical (unpaired) electrons. The lowest BCUT2D eigenvalue weighted by Crippen LogP contribution is -2.08. The van der Waals surface area contributed by atoms with E-state index in [-0.39, 0.29) is 17.5 Å². The van der Waals surface area contributed by atoms with Gasteiger partial charge in [-0.05, 0) is 38.1 Å². The van der Waals surface area contributed by atoms with Gasteiger partial charge in [0.1, 0.15) is 11.6 Å². The molecule has 0 atom stereocenters. The first-order chi connectivity index (χ1) is 9.08. The van der Waals surface area contributed by atoms with Crippen LogP contribution in [0.2, 0.25) is 0 Å². The fourth-order valence-electron chi connectivity index (χ4n) is 1.78. The van der Waals surface area contributed by atoms with E-state index in [1.54, 1.807) is 36.4 Å². The summed E-state index contributed by atoms with van der Waals surface area (Å²) in [6, 6.07) is 12.8. The molecule has 0 fully saturated rings. The number of carbonyl (C=O) groups is 1. The van der Waals surface area contributed by atoms with Gasteiger partial charge in [0.15, 0.2) is 5.78 Å². The molecule has 2 aromatic rings. The van der Waals surface area contributed by atoms with E-state index in [1.807, 2.05) is 13.8 Å². The zero-order valence-corrected chi connectivity index (χ0v) is 10.9. The van der Waals surface area contributed by atoms with Gasteiger partial charge in [-0.15, -0.1) is 0 Å². The van der Waals surface area contributed by atoms with E-state index >= 15 is 0 Å². The Kier molecular flexibility index (Phi) is 3.95. The monoisotopic (exact) mass is 258 g/mol. The van der Waals surface area contributed by atoms with Crippen LogP contribution < -0.4 is 4.74 Å². The molecule has 2 rings (SSSR count). The number of ether oxygens (including phenoxy) is 1. The van der Waals surface area contributed by atoms with Gasteiger partial charge in [-0.25, -0.2) is 4.39 Å². The molecule has 3 heteroatoms. The largest absolute Gasteiger partial charge is 0.491 e. The van der Waals surface area contributed by atoms with Crippen molar-refractivity contribution in [2.75, 3.05) is 0 Å². The van der Waals surface area contributed by atoms with Crippen LogP contribution in [0.1, 0.15) is 29.8 Å². The highest BCUT2D eigenvalue weighted by molar-refractivity contribution is 6.09. The van der Waals surface area contributed by atoms with Crippen molar-refractivity contribution >= 4 is 5.78 Å². The first-order valence-electron chi connectivity index (χ1n) is 6.14. The van der Waals surface area contributed by atoms with E-state index in [9.17, 15) is 9.18 Å². The smallest absolute Gasteiger partial charge is 0.196 e. The highest BCUT2D eigenvalue weighted by Crippen LogP contribution is 2.19. The lowest BCUT2D eigenvalue weighted by molar-refractivity contribution is 0.103. The average Bonchev–Trinajstić information content (AvgIpc) is 2.38. The summed E-state index contributed by atoms with van der Waals surface area (Å²) in [5, 5.41) is 0. The Bertz CT molecular complexity index is 591. The zero-order valence-electron chi connectivity index (χ0n) is 10.9. The second-order valence-electron chi connectivity index (χ2n) is 4.50. The fourth-order valence-corrected chi connectivity index (χ4v) is 1.78. The first-order valence-corrected chi connectivity index (χ1v) is 6.14. The lowest BCUT2D eigenvalue weighted by Gasteiger charge is -2.10. The van der Waals surface area contributed by atoms with E-state index < -0.39 is 5.82 Å². The molecule has 0 aliphatic rings. The van der Waals surface area contributed by atoms with Crippen LogP contribution in [0.15, 0.2) is 48.5 Å². The highest BCUT2D eigenvalue weighted by Gasteiger charge is 2.14. The lowest BCUT2D eigenvalue weighted by atomic mass is 10.0. The second kappa shape index (κ2) is 5.65. The maximum atomic E-state index is 13.6. The normalized spacial score (nSPS) is 10.5. The molecule has 19 heavy (non-hydrogen) atoms. The molecule has 0 aliphatic heterocycles. The number of rotatable bonds is 4. The van der Waals surface area contributed by atoms with E-state index in [0.29, 0.717) is 11.3 Å². The second-order valence-corrected chi connectivity index (χ2v) is 4.50.